The molecule has 2 atom stereocenters. The van der Waals surface area contributed by atoms with Gasteiger partial charge in [0.25, 0.3) is 0 Å². The predicted octanol–water partition coefficient (Wildman–Crippen LogP) is 3.56. The number of aryl methyl sites for hydroxylation is 1. The minimum atomic E-state index is -0.319. The molecule has 4 rings (SSSR count). The second kappa shape index (κ2) is 10.2. The molecular weight excluding hydrogens is 404 g/mol. The Kier molecular flexibility index (Phi) is 7.10. The molecule has 2 heterocycles. The second-order valence-corrected chi connectivity index (χ2v) is 8.87. The van der Waals surface area contributed by atoms with Crippen LogP contribution in [0.3, 0.4) is 0 Å². The molecule has 2 unspecified atom stereocenters. The van der Waals surface area contributed by atoms with Crippen LogP contribution in [0.5, 0.6) is 5.75 Å². The molecule has 170 valence electrons. The molecule has 0 aromatic heterocycles. The van der Waals surface area contributed by atoms with E-state index in [1.807, 2.05) is 53.1 Å². The van der Waals surface area contributed by atoms with Gasteiger partial charge >= 0.3 is 0 Å². The first-order chi connectivity index (χ1) is 15.5. The highest BCUT2D eigenvalue weighted by molar-refractivity contribution is 5.89. The van der Waals surface area contributed by atoms with E-state index in [1.54, 1.807) is 7.11 Å². The maximum Gasteiger partial charge on any atom is 0.228 e. The zero-order valence-corrected chi connectivity index (χ0v) is 19.0. The zero-order chi connectivity index (χ0) is 22.5. The number of ether oxygens (including phenoxy) is 2. The van der Waals surface area contributed by atoms with E-state index in [4.69, 9.17) is 9.47 Å². The van der Waals surface area contributed by atoms with Crippen molar-refractivity contribution >= 4 is 11.8 Å². The van der Waals surface area contributed by atoms with Crippen molar-refractivity contribution in [1.82, 2.24) is 9.80 Å². The average molecular weight is 437 g/mol. The topological polar surface area (TPSA) is 59.1 Å². The number of amides is 2. The average Bonchev–Trinajstić information content (AvgIpc) is 3.44. The fourth-order valence-electron chi connectivity index (χ4n) is 4.52. The Morgan fingerprint density at radius 1 is 1.19 bits per heavy atom. The van der Waals surface area contributed by atoms with Gasteiger partial charge in [0.1, 0.15) is 5.75 Å². The first kappa shape index (κ1) is 22.3. The van der Waals surface area contributed by atoms with Gasteiger partial charge in [-0.05, 0) is 43.0 Å². The summed E-state index contributed by atoms with van der Waals surface area (Å²) in [5.74, 6) is 0.526. The number of rotatable bonds is 8. The number of methoxy groups -OCH3 is 1. The van der Waals surface area contributed by atoms with Crippen LogP contribution >= 0.6 is 0 Å². The van der Waals surface area contributed by atoms with Crippen molar-refractivity contribution in [3.05, 3.63) is 65.2 Å². The maximum absolute atomic E-state index is 13.5. The number of carbonyl (C=O) groups is 2. The third kappa shape index (κ3) is 5.49. The molecular formula is C26H32N2O4. The summed E-state index contributed by atoms with van der Waals surface area (Å²) in [5, 5.41) is 0. The minimum Gasteiger partial charge on any atom is -0.497 e. The minimum absolute atomic E-state index is 0.0306. The molecule has 2 aliphatic rings. The van der Waals surface area contributed by atoms with Crippen molar-refractivity contribution in [2.24, 2.45) is 5.92 Å². The molecule has 0 spiro atoms. The van der Waals surface area contributed by atoms with E-state index in [9.17, 15) is 9.59 Å². The molecule has 32 heavy (non-hydrogen) atoms. The Morgan fingerprint density at radius 3 is 2.72 bits per heavy atom. The van der Waals surface area contributed by atoms with Crippen molar-refractivity contribution in [2.75, 3.05) is 26.8 Å². The number of hydrogen-bond acceptors (Lipinski definition) is 4. The van der Waals surface area contributed by atoms with E-state index in [0.717, 1.165) is 36.3 Å². The third-order valence-corrected chi connectivity index (χ3v) is 6.33. The Hall–Kier alpha value is -2.86. The molecule has 2 aromatic carbocycles. The molecule has 2 aromatic rings. The highest BCUT2D eigenvalue weighted by Crippen LogP contribution is 2.25. The lowest BCUT2D eigenvalue weighted by Crippen LogP contribution is -2.41. The molecule has 2 aliphatic heterocycles. The number of nitrogens with zero attached hydrogens (tertiary/aromatic N) is 2. The lowest BCUT2D eigenvalue weighted by Gasteiger charge is -2.28. The quantitative estimate of drug-likeness (QED) is 0.635. The lowest BCUT2D eigenvalue weighted by molar-refractivity contribution is -0.138. The van der Waals surface area contributed by atoms with Crippen molar-refractivity contribution in [1.29, 1.82) is 0 Å². The molecule has 2 saturated heterocycles. The Labute approximate surface area is 190 Å². The van der Waals surface area contributed by atoms with Crippen molar-refractivity contribution in [2.45, 2.75) is 45.4 Å². The molecule has 0 aliphatic carbocycles. The van der Waals surface area contributed by atoms with Gasteiger partial charge in [0.05, 0.1) is 19.1 Å². The molecule has 0 N–H and O–H groups in total. The van der Waals surface area contributed by atoms with Gasteiger partial charge in [0, 0.05) is 39.2 Å². The smallest absolute Gasteiger partial charge is 0.228 e. The summed E-state index contributed by atoms with van der Waals surface area (Å²) in [4.78, 5) is 29.9. The van der Waals surface area contributed by atoms with E-state index in [0.29, 0.717) is 26.2 Å². The van der Waals surface area contributed by atoms with Crippen LogP contribution in [0.1, 0.15) is 36.0 Å². The van der Waals surface area contributed by atoms with Crippen LogP contribution in [0.4, 0.5) is 0 Å². The fourth-order valence-corrected chi connectivity index (χ4v) is 4.52. The van der Waals surface area contributed by atoms with E-state index in [2.05, 4.69) is 12.1 Å². The van der Waals surface area contributed by atoms with E-state index in [1.165, 1.54) is 5.56 Å². The number of hydrogen-bond donors (Lipinski definition) is 0. The van der Waals surface area contributed by atoms with Crippen LogP contribution in [0.25, 0.3) is 0 Å². The van der Waals surface area contributed by atoms with Gasteiger partial charge in [0.2, 0.25) is 11.8 Å². The molecule has 6 nitrogen and oxygen atoms in total. The van der Waals surface area contributed by atoms with Crippen LogP contribution < -0.4 is 4.74 Å². The predicted molar refractivity (Wildman–Crippen MR) is 122 cm³/mol. The maximum atomic E-state index is 13.5. The van der Waals surface area contributed by atoms with E-state index >= 15 is 0 Å². The third-order valence-electron chi connectivity index (χ3n) is 6.33. The Balaban J connectivity index is 1.45. The molecule has 0 bridgehead atoms. The summed E-state index contributed by atoms with van der Waals surface area (Å²) in [6.45, 7) is 4.84. The van der Waals surface area contributed by atoms with Crippen LogP contribution in [0.2, 0.25) is 0 Å². The Bertz CT molecular complexity index is 937. The summed E-state index contributed by atoms with van der Waals surface area (Å²) >= 11 is 0. The molecule has 0 radical (unpaired) electrons. The fraction of sp³-hybridized carbons (Fsp3) is 0.462. The summed E-state index contributed by atoms with van der Waals surface area (Å²) in [6.07, 6.45) is 2.32. The molecule has 6 heteroatoms. The summed E-state index contributed by atoms with van der Waals surface area (Å²) in [5.41, 5.74) is 3.29. The van der Waals surface area contributed by atoms with Crippen molar-refractivity contribution in [3.8, 4) is 5.75 Å². The first-order valence-corrected chi connectivity index (χ1v) is 11.4. The van der Waals surface area contributed by atoms with Crippen molar-refractivity contribution in [3.63, 3.8) is 0 Å². The SMILES string of the molecule is COc1cccc(CN(CC2CCCO2)C(=O)C2CC(=O)N(Cc3ccc(C)cc3)C2)c1. The van der Waals surface area contributed by atoms with Crippen LogP contribution in [-0.4, -0.2) is 54.5 Å². The highest BCUT2D eigenvalue weighted by Gasteiger charge is 2.37. The summed E-state index contributed by atoms with van der Waals surface area (Å²) in [7, 11) is 1.64. The molecule has 0 saturated carbocycles. The first-order valence-electron chi connectivity index (χ1n) is 11.4. The van der Waals surface area contributed by atoms with Crippen molar-refractivity contribution < 1.29 is 19.1 Å². The molecule has 2 fully saturated rings. The monoisotopic (exact) mass is 436 g/mol. The summed E-state index contributed by atoms with van der Waals surface area (Å²) in [6, 6.07) is 16.0. The largest absolute Gasteiger partial charge is 0.497 e. The second-order valence-electron chi connectivity index (χ2n) is 8.87. The van der Waals surface area contributed by atoms with Gasteiger partial charge in [-0.3, -0.25) is 9.59 Å². The van der Waals surface area contributed by atoms with E-state index < -0.39 is 0 Å². The van der Waals surface area contributed by atoms with Gasteiger partial charge < -0.3 is 19.3 Å². The van der Waals surface area contributed by atoms with Crippen LogP contribution in [0.15, 0.2) is 48.5 Å². The normalized spacial score (nSPS) is 20.6. The van der Waals surface area contributed by atoms with Gasteiger partial charge in [-0.25, -0.2) is 0 Å². The number of likely N-dealkylation sites (tertiary alicyclic amines) is 1. The number of benzene rings is 2. The summed E-state index contributed by atoms with van der Waals surface area (Å²) < 4.78 is 11.2. The highest BCUT2D eigenvalue weighted by atomic mass is 16.5. The van der Waals surface area contributed by atoms with Gasteiger partial charge in [-0.15, -0.1) is 0 Å². The van der Waals surface area contributed by atoms with E-state index in [-0.39, 0.29) is 30.3 Å². The van der Waals surface area contributed by atoms with Crippen LogP contribution in [0, 0.1) is 12.8 Å². The van der Waals surface area contributed by atoms with Gasteiger partial charge in [-0.1, -0.05) is 42.0 Å². The zero-order valence-electron chi connectivity index (χ0n) is 19.0. The standard InChI is InChI=1S/C26H32N2O4/c1-19-8-10-20(11-9-19)15-27-17-22(14-25(27)29)26(30)28(18-24-7-4-12-32-24)16-21-5-3-6-23(13-21)31-2/h3,5-6,8-11,13,22,24H,4,7,12,14-18H2,1-2H3. The molecule has 2 amide bonds. The van der Waals surface area contributed by atoms with Gasteiger partial charge in [0.15, 0.2) is 0 Å². The van der Waals surface area contributed by atoms with Gasteiger partial charge in [-0.2, -0.15) is 0 Å². The lowest BCUT2D eigenvalue weighted by atomic mass is 10.1. The van der Waals surface area contributed by atoms with Crippen LogP contribution in [-0.2, 0) is 27.4 Å². The Morgan fingerprint density at radius 2 is 2.00 bits per heavy atom. The number of carbonyl (C=O) groups excluding carboxylic acids is 2.